The van der Waals surface area contributed by atoms with Crippen LogP contribution >= 0.6 is 0 Å². The first-order chi connectivity index (χ1) is 16.0. The molecule has 0 radical (unpaired) electrons. The summed E-state index contributed by atoms with van der Waals surface area (Å²) in [6.45, 7) is 0.0384. The molecular weight excluding hydrogens is 424 g/mol. The van der Waals surface area contributed by atoms with E-state index in [-0.39, 0.29) is 43.3 Å². The first-order valence-corrected chi connectivity index (χ1v) is 10.5. The number of nitro groups is 1. The predicted octanol–water partition coefficient (Wildman–Crippen LogP) is 5.22. The van der Waals surface area contributed by atoms with E-state index in [1.165, 1.54) is 18.2 Å². The lowest BCUT2D eigenvalue weighted by molar-refractivity contribution is -0.384. The smallest absolute Gasteiger partial charge is 0.414 e. The van der Waals surface area contributed by atoms with E-state index in [1.807, 2.05) is 48.5 Å². The topological polar surface area (TPSA) is 110 Å². The van der Waals surface area contributed by atoms with Crippen LogP contribution in [-0.2, 0) is 9.53 Å². The average molecular weight is 446 g/mol. The number of nitrogens with zero attached hydrogens (tertiary/aromatic N) is 2. The van der Waals surface area contributed by atoms with Gasteiger partial charge in [-0.1, -0.05) is 60.7 Å². The van der Waals surface area contributed by atoms with Gasteiger partial charge in [-0.25, -0.2) is 4.79 Å². The lowest BCUT2D eigenvalue weighted by Gasteiger charge is -2.23. The van der Waals surface area contributed by atoms with Crippen LogP contribution in [0.3, 0.4) is 0 Å². The lowest BCUT2D eigenvalue weighted by atomic mass is 9.98. The van der Waals surface area contributed by atoms with Gasteiger partial charge in [0.1, 0.15) is 12.3 Å². The van der Waals surface area contributed by atoms with Gasteiger partial charge in [0.05, 0.1) is 4.92 Å². The van der Waals surface area contributed by atoms with Gasteiger partial charge < -0.3 is 9.84 Å². The molecule has 3 aromatic carbocycles. The Morgan fingerprint density at radius 1 is 0.939 bits per heavy atom. The SMILES string of the molecule is O=C(O)CCCN(C(=O)OCC1c2ccccc2-c2ccccc21)c1ccccc1[N+](=O)[O-]. The Kier molecular flexibility index (Phi) is 6.35. The average Bonchev–Trinajstić information content (AvgIpc) is 3.14. The first kappa shape index (κ1) is 22.0. The van der Waals surface area contributed by atoms with Gasteiger partial charge in [0, 0.05) is 24.9 Å². The summed E-state index contributed by atoms with van der Waals surface area (Å²) in [5.74, 6) is -1.17. The molecule has 0 spiro atoms. The zero-order valence-corrected chi connectivity index (χ0v) is 17.7. The van der Waals surface area contributed by atoms with E-state index in [1.54, 1.807) is 6.07 Å². The summed E-state index contributed by atoms with van der Waals surface area (Å²) >= 11 is 0. The van der Waals surface area contributed by atoms with E-state index in [9.17, 15) is 19.7 Å². The number of fused-ring (bicyclic) bond motifs is 3. The second-order valence-electron chi connectivity index (χ2n) is 7.70. The Labute approximate surface area is 190 Å². The molecule has 0 aliphatic heterocycles. The van der Waals surface area contributed by atoms with Gasteiger partial charge in [0.2, 0.25) is 0 Å². The molecule has 0 atom stereocenters. The lowest BCUT2D eigenvalue weighted by Crippen LogP contribution is -2.34. The number of hydrogen-bond donors (Lipinski definition) is 1. The Bertz CT molecular complexity index is 1160. The van der Waals surface area contributed by atoms with Crippen molar-refractivity contribution in [3.8, 4) is 11.1 Å². The number of ether oxygens (including phenoxy) is 1. The monoisotopic (exact) mass is 446 g/mol. The molecule has 1 amide bonds. The molecule has 0 heterocycles. The number of carbonyl (C=O) groups is 2. The zero-order valence-electron chi connectivity index (χ0n) is 17.7. The van der Waals surface area contributed by atoms with Crippen LogP contribution in [0.15, 0.2) is 72.8 Å². The summed E-state index contributed by atoms with van der Waals surface area (Å²) < 4.78 is 5.67. The molecule has 3 aromatic rings. The number of anilines is 1. The highest BCUT2D eigenvalue weighted by Gasteiger charge is 2.31. The number of rotatable bonds is 8. The van der Waals surface area contributed by atoms with Gasteiger partial charge in [0.15, 0.2) is 0 Å². The van der Waals surface area contributed by atoms with E-state index in [4.69, 9.17) is 9.84 Å². The van der Waals surface area contributed by atoms with Gasteiger partial charge in [-0.2, -0.15) is 0 Å². The highest BCUT2D eigenvalue weighted by atomic mass is 16.6. The highest BCUT2D eigenvalue weighted by molar-refractivity contribution is 5.91. The fourth-order valence-electron chi connectivity index (χ4n) is 4.22. The third-order valence-corrected chi connectivity index (χ3v) is 5.70. The molecule has 0 aromatic heterocycles. The fourth-order valence-corrected chi connectivity index (χ4v) is 4.22. The van der Waals surface area contributed by atoms with Crippen LogP contribution in [0.4, 0.5) is 16.2 Å². The second kappa shape index (κ2) is 9.52. The number of aliphatic carboxylic acids is 1. The molecule has 0 saturated heterocycles. The quantitative estimate of drug-likeness (QED) is 0.375. The van der Waals surface area contributed by atoms with Crippen molar-refractivity contribution in [2.24, 2.45) is 0 Å². The number of amides is 1. The number of benzene rings is 3. The minimum atomic E-state index is -1.01. The molecule has 0 saturated carbocycles. The minimum Gasteiger partial charge on any atom is -0.481 e. The van der Waals surface area contributed by atoms with Gasteiger partial charge in [-0.15, -0.1) is 0 Å². The summed E-state index contributed by atoms with van der Waals surface area (Å²) in [4.78, 5) is 36.1. The summed E-state index contributed by atoms with van der Waals surface area (Å²) in [6.07, 6.45) is -0.795. The molecular formula is C25H22N2O6. The third-order valence-electron chi connectivity index (χ3n) is 5.70. The van der Waals surface area contributed by atoms with E-state index in [0.717, 1.165) is 27.2 Å². The largest absolute Gasteiger partial charge is 0.481 e. The Morgan fingerprint density at radius 3 is 2.12 bits per heavy atom. The summed E-state index contributed by atoms with van der Waals surface area (Å²) in [6, 6.07) is 21.7. The van der Waals surface area contributed by atoms with Crippen molar-refractivity contribution in [1.82, 2.24) is 0 Å². The van der Waals surface area contributed by atoms with Crippen molar-refractivity contribution in [2.45, 2.75) is 18.8 Å². The summed E-state index contributed by atoms with van der Waals surface area (Å²) in [7, 11) is 0. The van der Waals surface area contributed by atoms with E-state index < -0.39 is 17.0 Å². The van der Waals surface area contributed by atoms with Gasteiger partial charge in [0.25, 0.3) is 5.69 Å². The van der Waals surface area contributed by atoms with Crippen molar-refractivity contribution in [3.05, 3.63) is 94.0 Å². The van der Waals surface area contributed by atoms with Crippen molar-refractivity contribution in [3.63, 3.8) is 0 Å². The standard InChI is InChI=1S/C25H22N2O6/c28-24(29)14-7-15-26(22-12-5-6-13-23(22)27(31)32)25(30)33-16-21-19-10-3-1-8-17(19)18-9-2-4-11-20(18)21/h1-6,8-13,21H,7,14-16H2,(H,28,29). The Hall–Kier alpha value is -4.20. The number of carboxylic acid groups (broad SMARTS) is 1. The molecule has 1 aliphatic rings. The summed E-state index contributed by atoms with van der Waals surface area (Å²) in [5.41, 5.74) is 4.10. The third kappa shape index (κ3) is 4.55. The molecule has 4 rings (SSSR count). The number of para-hydroxylation sites is 2. The maximum Gasteiger partial charge on any atom is 0.414 e. The van der Waals surface area contributed by atoms with Crippen LogP contribution < -0.4 is 4.90 Å². The number of hydrogen-bond acceptors (Lipinski definition) is 5. The Balaban J connectivity index is 1.58. The second-order valence-corrected chi connectivity index (χ2v) is 7.70. The number of carbonyl (C=O) groups excluding carboxylic acids is 1. The van der Waals surface area contributed by atoms with Crippen LogP contribution in [0.25, 0.3) is 11.1 Å². The molecule has 0 bridgehead atoms. The van der Waals surface area contributed by atoms with Crippen LogP contribution in [0.2, 0.25) is 0 Å². The van der Waals surface area contributed by atoms with Crippen LogP contribution in [-0.4, -0.2) is 35.2 Å². The zero-order chi connectivity index (χ0) is 23.4. The normalized spacial score (nSPS) is 12.0. The molecule has 33 heavy (non-hydrogen) atoms. The maximum atomic E-state index is 13.1. The predicted molar refractivity (Wildman–Crippen MR) is 122 cm³/mol. The van der Waals surface area contributed by atoms with E-state index in [0.29, 0.717) is 0 Å². The molecule has 8 nitrogen and oxygen atoms in total. The van der Waals surface area contributed by atoms with Crippen LogP contribution in [0.5, 0.6) is 0 Å². The van der Waals surface area contributed by atoms with Crippen molar-refractivity contribution in [1.29, 1.82) is 0 Å². The van der Waals surface area contributed by atoms with Gasteiger partial charge in [-0.3, -0.25) is 19.8 Å². The minimum absolute atomic E-state index is 0.0200. The highest BCUT2D eigenvalue weighted by Crippen LogP contribution is 2.44. The maximum absolute atomic E-state index is 13.1. The van der Waals surface area contributed by atoms with E-state index >= 15 is 0 Å². The molecule has 168 valence electrons. The summed E-state index contributed by atoms with van der Waals surface area (Å²) in [5, 5.41) is 20.5. The van der Waals surface area contributed by atoms with Crippen LogP contribution in [0.1, 0.15) is 29.9 Å². The molecule has 1 aliphatic carbocycles. The Morgan fingerprint density at radius 2 is 1.52 bits per heavy atom. The van der Waals surface area contributed by atoms with Crippen molar-refractivity contribution in [2.75, 3.05) is 18.1 Å². The molecule has 8 heteroatoms. The number of carboxylic acids is 1. The molecule has 0 fully saturated rings. The van der Waals surface area contributed by atoms with Crippen molar-refractivity contribution < 1.29 is 24.4 Å². The van der Waals surface area contributed by atoms with Crippen molar-refractivity contribution >= 4 is 23.4 Å². The van der Waals surface area contributed by atoms with Gasteiger partial charge in [-0.05, 0) is 34.7 Å². The fraction of sp³-hybridized carbons (Fsp3) is 0.200. The van der Waals surface area contributed by atoms with E-state index in [2.05, 4.69) is 0 Å². The van der Waals surface area contributed by atoms with Gasteiger partial charge >= 0.3 is 12.1 Å². The number of nitro benzene ring substituents is 1. The van der Waals surface area contributed by atoms with Crippen LogP contribution in [0, 0.1) is 10.1 Å². The molecule has 0 unspecified atom stereocenters. The first-order valence-electron chi connectivity index (χ1n) is 10.5. The molecule has 1 N–H and O–H groups in total.